The summed E-state index contributed by atoms with van der Waals surface area (Å²) in [5.41, 5.74) is 1.43. The fraction of sp³-hybridized carbons (Fsp3) is 0.625. The Morgan fingerprint density at radius 3 is 1.61 bits per heavy atom. The summed E-state index contributed by atoms with van der Waals surface area (Å²) in [5, 5.41) is 0.288. The molecule has 0 unspecified atom stereocenters. The van der Waals surface area contributed by atoms with Gasteiger partial charge in [0, 0.05) is 4.47 Å². The van der Waals surface area contributed by atoms with Crippen molar-refractivity contribution in [3.05, 3.63) is 21.7 Å². The molecule has 0 bridgehead atoms. The first-order valence-electron chi connectivity index (χ1n) is 8.61. The van der Waals surface area contributed by atoms with Gasteiger partial charge in [0.15, 0.2) is 2.14 Å². The molecule has 0 N–H and O–H groups in total. The van der Waals surface area contributed by atoms with Crippen molar-refractivity contribution in [2.24, 2.45) is 0 Å². The van der Waals surface area contributed by atoms with Gasteiger partial charge >= 0.3 is 15.2 Å². The molecule has 0 saturated carbocycles. The van der Waals surface area contributed by atoms with E-state index >= 15 is 0 Å². The molecule has 0 aromatic heterocycles. The Morgan fingerprint density at radius 2 is 1.25 bits per heavy atom. The van der Waals surface area contributed by atoms with E-state index < -0.39 is 17.3 Å². The van der Waals surface area contributed by atoms with E-state index in [1.165, 1.54) is 0 Å². The second-order valence-corrected chi connectivity index (χ2v) is 16.9. The number of rotatable bonds is 10. The minimum Gasteiger partial charge on any atom is -0.305 e. The van der Waals surface area contributed by atoms with Gasteiger partial charge < -0.3 is 18.1 Å². The summed E-state index contributed by atoms with van der Waals surface area (Å²) in [6.45, 7) is 9.28. The maximum atomic E-state index is 13.7. The van der Waals surface area contributed by atoms with Crippen molar-refractivity contribution < 1.29 is 27.2 Å². The molecule has 1 aromatic carbocycles. The quantitative estimate of drug-likeness (QED) is 0.198. The van der Waals surface area contributed by atoms with Crippen molar-refractivity contribution in [2.45, 2.75) is 36.8 Å². The van der Waals surface area contributed by atoms with Crippen LogP contribution in [0.2, 0.25) is 0 Å². The Bertz CT molecular complexity index is 761. The summed E-state index contributed by atoms with van der Waals surface area (Å²) in [5.74, 6) is 0. The van der Waals surface area contributed by atoms with Crippen LogP contribution >= 0.6 is 78.9 Å². The second-order valence-electron chi connectivity index (χ2n) is 5.39. The van der Waals surface area contributed by atoms with Gasteiger partial charge in [-0.3, -0.25) is 9.13 Å². The van der Waals surface area contributed by atoms with Crippen LogP contribution in [0.1, 0.15) is 38.8 Å². The van der Waals surface area contributed by atoms with Gasteiger partial charge in [-0.2, -0.15) is 0 Å². The fourth-order valence-corrected chi connectivity index (χ4v) is 9.17. The summed E-state index contributed by atoms with van der Waals surface area (Å²) in [4.78, 5) is 0. The molecule has 0 atom stereocenters. The van der Waals surface area contributed by atoms with Crippen LogP contribution in [0, 0.1) is 6.92 Å². The van der Waals surface area contributed by atoms with Crippen LogP contribution in [-0.4, -0.2) is 26.4 Å². The zero-order valence-electron chi connectivity index (χ0n) is 16.3. The van der Waals surface area contributed by atoms with Gasteiger partial charge in [0.05, 0.1) is 37.0 Å². The number of benzene rings is 1. The topological polar surface area (TPSA) is 71.1 Å². The Kier molecular flexibility index (Phi) is 11.1. The molecule has 0 aliphatic rings. The van der Waals surface area contributed by atoms with Crippen molar-refractivity contribution in [1.82, 2.24) is 0 Å². The van der Waals surface area contributed by atoms with Crippen molar-refractivity contribution in [2.75, 3.05) is 26.4 Å². The third-order valence-electron chi connectivity index (χ3n) is 3.54. The molecule has 0 aliphatic heterocycles. The van der Waals surface area contributed by atoms with Crippen molar-refractivity contribution in [3.8, 4) is 0 Å². The maximum absolute atomic E-state index is 13.7. The number of alkyl halides is 3. The number of halogens is 4. The van der Waals surface area contributed by atoms with E-state index in [9.17, 15) is 9.13 Å². The molecule has 0 heterocycles. The summed E-state index contributed by atoms with van der Waals surface area (Å²) in [6.07, 6.45) is 0. The fourth-order valence-electron chi connectivity index (χ4n) is 2.51. The lowest BCUT2D eigenvalue weighted by molar-refractivity contribution is 0.226. The van der Waals surface area contributed by atoms with Crippen LogP contribution in [0.5, 0.6) is 0 Å². The van der Waals surface area contributed by atoms with E-state index in [-0.39, 0.29) is 37.0 Å². The van der Waals surface area contributed by atoms with Gasteiger partial charge in [-0.1, -0.05) is 47.8 Å². The highest BCUT2D eigenvalue weighted by molar-refractivity contribution is 9.38. The van der Waals surface area contributed by atoms with Crippen LogP contribution in [0.4, 0.5) is 0 Å². The monoisotopic (exact) mass is 690 g/mol. The molecule has 0 fully saturated rings. The molecule has 162 valence electrons. The molecule has 6 nitrogen and oxygen atoms in total. The summed E-state index contributed by atoms with van der Waals surface area (Å²) < 4.78 is 49.2. The average molecular weight is 694 g/mol. The molecule has 0 aliphatic carbocycles. The molecule has 1 aromatic rings. The smallest absolute Gasteiger partial charge is 0.305 e. The Hall–Kier alpha value is 1.44. The first kappa shape index (κ1) is 27.5. The lowest BCUT2D eigenvalue weighted by atomic mass is 10.1. The standard InChI is InChI=1S/C16H24Br4O6P2/c1-6-23-27(21,24-7-2)13-10-12(16(18,19)20)11(5)14(17)15(13)28(22,25-8-3)26-9-4/h10H,6-9H2,1-5H3. The Morgan fingerprint density at radius 1 is 0.857 bits per heavy atom. The first-order chi connectivity index (χ1) is 12.9. The SMILES string of the molecule is CCOP(=O)(OCC)c1cc(C(Br)(Br)Br)c(C)c(Br)c1P(=O)(OCC)OCC. The van der Waals surface area contributed by atoms with Crippen molar-refractivity contribution >= 4 is 89.5 Å². The number of hydrogen-bond donors (Lipinski definition) is 0. The molecule has 0 radical (unpaired) electrons. The summed E-state index contributed by atoms with van der Waals surface area (Å²) >= 11 is 14.0. The van der Waals surface area contributed by atoms with Gasteiger partial charge in [0.1, 0.15) is 0 Å². The third kappa shape index (κ3) is 6.24. The average Bonchev–Trinajstić information content (AvgIpc) is 2.56. The van der Waals surface area contributed by atoms with Crippen LogP contribution in [-0.2, 0) is 29.4 Å². The summed E-state index contributed by atoms with van der Waals surface area (Å²) in [7, 11) is -7.64. The molecular weight excluding hydrogens is 670 g/mol. The highest BCUT2D eigenvalue weighted by atomic mass is 80.0. The molecule has 0 spiro atoms. The van der Waals surface area contributed by atoms with Crippen molar-refractivity contribution in [3.63, 3.8) is 0 Å². The van der Waals surface area contributed by atoms with E-state index in [0.29, 0.717) is 10.0 Å². The van der Waals surface area contributed by atoms with E-state index in [1.807, 2.05) is 6.92 Å². The van der Waals surface area contributed by atoms with E-state index in [0.717, 1.165) is 5.56 Å². The molecule has 28 heavy (non-hydrogen) atoms. The van der Waals surface area contributed by atoms with E-state index in [4.69, 9.17) is 18.1 Å². The van der Waals surface area contributed by atoms with Crippen LogP contribution < -0.4 is 10.6 Å². The number of hydrogen-bond acceptors (Lipinski definition) is 6. The molecule has 0 amide bonds. The zero-order valence-corrected chi connectivity index (χ0v) is 24.4. The van der Waals surface area contributed by atoms with Gasteiger partial charge in [0.25, 0.3) is 0 Å². The molecule has 0 saturated heterocycles. The minimum absolute atomic E-state index is 0.136. The zero-order chi connectivity index (χ0) is 21.8. The van der Waals surface area contributed by atoms with Crippen LogP contribution in [0.15, 0.2) is 10.5 Å². The van der Waals surface area contributed by atoms with E-state index in [2.05, 4.69) is 63.7 Å². The second kappa shape index (κ2) is 11.3. The third-order valence-corrected chi connectivity index (χ3v) is 10.6. The van der Waals surface area contributed by atoms with Crippen LogP contribution in [0.25, 0.3) is 0 Å². The van der Waals surface area contributed by atoms with Crippen LogP contribution in [0.3, 0.4) is 0 Å². The first-order valence-corrected chi connectivity index (χ1v) is 14.9. The normalized spacial score (nSPS) is 13.2. The Balaban J connectivity index is 4.05. The van der Waals surface area contributed by atoms with Gasteiger partial charge in [-0.15, -0.1) is 0 Å². The molecule has 1 rings (SSSR count). The lowest BCUT2D eigenvalue weighted by Crippen LogP contribution is -2.32. The largest absolute Gasteiger partial charge is 0.363 e. The summed E-state index contributed by atoms with van der Waals surface area (Å²) in [6, 6.07) is 1.63. The van der Waals surface area contributed by atoms with Gasteiger partial charge in [-0.05, 0) is 67.7 Å². The predicted molar refractivity (Wildman–Crippen MR) is 128 cm³/mol. The van der Waals surface area contributed by atoms with Gasteiger partial charge in [0.2, 0.25) is 0 Å². The highest BCUT2D eigenvalue weighted by Gasteiger charge is 2.43. The van der Waals surface area contributed by atoms with Gasteiger partial charge in [-0.25, -0.2) is 0 Å². The molecular formula is C16H24Br4O6P2. The minimum atomic E-state index is -3.82. The Labute approximate surface area is 200 Å². The lowest BCUT2D eigenvalue weighted by Gasteiger charge is -2.28. The van der Waals surface area contributed by atoms with E-state index in [1.54, 1.807) is 33.8 Å². The molecule has 12 heteroatoms. The maximum Gasteiger partial charge on any atom is 0.363 e. The predicted octanol–water partition coefficient (Wildman–Crippen LogP) is 6.84. The highest BCUT2D eigenvalue weighted by Crippen LogP contribution is 2.56. The van der Waals surface area contributed by atoms with Crippen molar-refractivity contribution in [1.29, 1.82) is 0 Å².